The number of aryl methyl sites for hydroxylation is 1. The molecular weight excluding hydrogens is 472 g/mol. The van der Waals surface area contributed by atoms with E-state index >= 15 is 0 Å². The van der Waals surface area contributed by atoms with Gasteiger partial charge >= 0.3 is 0 Å². The molecule has 0 saturated heterocycles. The zero-order valence-corrected chi connectivity index (χ0v) is 21.0. The van der Waals surface area contributed by atoms with Gasteiger partial charge in [0, 0.05) is 16.9 Å². The van der Waals surface area contributed by atoms with Crippen LogP contribution in [0.25, 0.3) is 17.0 Å². The number of hydrogen-bond donors (Lipinski definition) is 2. The Kier molecular flexibility index (Phi) is 6.43. The van der Waals surface area contributed by atoms with Crippen LogP contribution in [0.5, 0.6) is 11.5 Å². The van der Waals surface area contributed by atoms with Crippen LogP contribution >= 0.6 is 12.2 Å². The third-order valence-electron chi connectivity index (χ3n) is 6.31. The van der Waals surface area contributed by atoms with E-state index in [0.717, 1.165) is 34.5 Å². The number of nitrogens with one attached hydrogen (secondary N) is 1. The molecule has 3 aromatic carbocycles. The maximum atomic E-state index is 10.5. The Morgan fingerprint density at radius 2 is 1.83 bits per heavy atom. The normalized spacial score (nSPS) is 15.7. The molecular formula is C28H26N4O3S. The molecule has 1 aliphatic rings. The van der Waals surface area contributed by atoms with E-state index in [1.54, 1.807) is 12.1 Å². The molecule has 0 aliphatic carbocycles. The molecule has 1 atom stereocenters. The number of thiocarbonyl (C=S) groups is 1. The van der Waals surface area contributed by atoms with Gasteiger partial charge in [0.25, 0.3) is 5.89 Å². The number of allylic oxidation sites excluding steroid dienone is 1. The van der Waals surface area contributed by atoms with E-state index in [1.165, 1.54) is 12.7 Å². The Hall–Kier alpha value is -4.17. The highest BCUT2D eigenvalue weighted by Gasteiger charge is 2.35. The summed E-state index contributed by atoms with van der Waals surface area (Å²) in [7, 11) is 1.52. The van der Waals surface area contributed by atoms with Crippen LogP contribution in [0.3, 0.4) is 0 Å². The largest absolute Gasteiger partial charge is 0.504 e. The van der Waals surface area contributed by atoms with Crippen molar-refractivity contribution in [1.82, 2.24) is 15.5 Å². The quantitative estimate of drug-likeness (QED) is 0.319. The molecule has 0 amide bonds. The zero-order valence-electron chi connectivity index (χ0n) is 20.2. The van der Waals surface area contributed by atoms with E-state index in [2.05, 4.69) is 41.7 Å². The molecule has 1 unspecified atom stereocenters. The highest BCUT2D eigenvalue weighted by molar-refractivity contribution is 7.80. The van der Waals surface area contributed by atoms with E-state index in [-0.39, 0.29) is 5.75 Å². The maximum Gasteiger partial charge on any atom is 0.258 e. The van der Waals surface area contributed by atoms with E-state index < -0.39 is 6.04 Å². The molecule has 8 heteroatoms. The van der Waals surface area contributed by atoms with Crippen molar-refractivity contribution in [3.05, 3.63) is 95.5 Å². The highest BCUT2D eigenvalue weighted by Crippen LogP contribution is 2.41. The number of phenolic OH excluding ortho intramolecular Hbond substituents is 1. The van der Waals surface area contributed by atoms with Crippen molar-refractivity contribution in [2.75, 3.05) is 12.0 Å². The number of methoxy groups -OCH3 is 1. The number of ether oxygens (including phenoxy) is 1. The number of aromatic hydroxyl groups is 1. The van der Waals surface area contributed by atoms with E-state index in [1.807, 2.05) is 48.2 Å². The molecule has 0 bridgehead atoms. The number of rotatable bonds is 6. The molecule has 2 N–H and O–H groups in total. The first-order chi connectivity index (χ1) is 17.5. The Morgan fingerprint density at radius 3 is 2.50 bits per heavy atom. The Bertz CT molecular complexity index is 1430. The summed E-state index contributed by atoms with van der Waals surface area (Å²) >= 11 is 5.82. The fraction of sp³-hybridized carbons (Fsp3) is 0.179. The van der Waals surface area contributed by atoms with Gasteiger partial charge in [-0.1, -0.05) is 60.6 Å². The number of phenols is 1. The Balaban J connectivity index is 1.65. The van der Waals surface area contributed by atoms with Gasteiger partial charge in [-0.25, -0.2) is 0 Å². The predicted molar refractivity (Wildman–Crippen MR) is 144 cm³/mol. The third kappa shape index (κ3) is 4.31. The van der Waals surface area contributed by atoms with Gasteiger partial charge in [0.15, 0.2) is 16.6 Å². The number of aromatic nitrogens is 2. The topological polar surface area (TPSA) is 83.7 Å². The van der Waals surface area contributed by atoms with Crippen LogP contribution in [0.15, 0.2) is 83.0 Å². The lowest BCUT2D eigenvalue weighted by Gasteiger charge is -2.37. The summed E-state index contributed by atoms with van der Waals surface area (Å²) in [5.41, 5.74) is 5.43. The lowest BCUT2D eigenvalue weighted by molar-refractivity contribution is 0.372. The Morgan fingerprint density at radius 1 is 1.08 bits per heavy atom. The van der Waals surface area contributed by atoms with E-state index in [9.17, 15) is 5.11 Å². The molecule has 36 heavy (non-hydrogen) atoms. The molecule has 0 radical (unpaired) electrons. The molecule has 5 rings (SSSR count). The lowest BCUT2D eigenvalue weighted by atomic mass is 9.94. The average molecular weight is 499 g/mol. The lowest BCUT2D eigenvalue weighted by Crippen LogP contribution is -2.46. The van der Waals surface area contributed by atoms with Gasteiger partial charge in [-0.3, -0.25) is 4.90 Å². The van der Waals surface area contributed by atoms with E-state index in [0.29, 0.717) is 22.6 Å². The molecule has 0 fully saturated rings. The van der Waals surface area contributed by atoms with Crippen molar-refractivity contribution in [1.29, 1.82) is 0 Å². The first-order valence-corrected chi connectivity index (χ1v) is 12.1. The predicted octanol–water partition coefficient (Wildman–Crippen LogP) is 5.88. The van der Waals surface area contributed by atoms with Crippen LogP contribution in [-0.2, 0) is 6.42 Å². The second-order valence-corrected chi connectivity index (χ2v) is 8.84. The minimum absolute atomic E-state index is 0.0350. The van der Waals surface area contributed by atoms with Crippen LogP contribution in [0.2, 0.25) is 0 Å². The van der Waals surface area contributed by atoms with Gasteiger partial charge in [0.05, 0.1) is 18.7 Å². The zero-order chi connectivity index (χ0) is 25.2. The van der Waals surface area contributed by atoms with Gasteiger partial charge in [0.1, 0.15) is 0 Å². The average Bonchev–Trinajstić information content (AvgIpc) is 3.39. The SMILES string of the molecule is CCc1ccc(N2C(=S)NC(c3ccc(OC)c(O)c3)C(c3nc(-c4ccccc4)no3)=C2C)cc1. The van der Waals surface area contributed by atoms with Crippen molar-refractivity contribution < 1.29 is 14.4 Å². The molecule has 0 spiro atoms. The molecule has 2 heterocycles. The minimum Gasteiger partial charge on any atom is -0.504 e. The molecule has 1 aliphatic heterocycles. The van der Waals surface area contributed by atoms with Crippen molar-refractivity contribution in [3.63, 3.8) is 0 Å². The van der Waals surface area contributed by atoms with Crippen LogP contribution in [0.1, 0.15) is 36.9 Å². The van der Waals surface area contributed by atoms with Gasteiger partial charge in [-0.15, -0.1) is 0 Å². The van der Waals surface area contributed by atoms with Crippen LogP contribution in [0.4, 0.5) is 5.69 Å². The third-order valence-corrected chi connectivity index (χ3v) is 6.61. The fourth-order valence-electron chi connectivity index (χ4n) is 4.39. The smallest absolute Gasteiger partial charge is 0.258 e. The number of hydrogen-bond acceptors (Lipinski definition) is 6. The number of benzene rings is 3. The van der Waals surface area contributed by atoms with Crippen molar-refractivity contribution >= 4 is 28.6 Å². The molecule has 0 saturated carbocycles. The summed E-state index contributed by atoms with van der Waals surface area (Å²) in [6, 6.07) is 22.8. The summed E-state index contributed by atoms with van der Waals surface area (Å²) in [5, 5.41) is 18.7. The van der Waals surface area contributed by atoms with Gasteiger partial charge in [-0.05, 0) is 61.0 Å². The van der Waals surface area contributed by atoms with Gasteiger partial charge in [-0.2, -0.15) is 4.98 Å². The summed E-state index contributed by atoms with van der Waals surface area (Å²) in [6.07, 6.45) is 0.955. The van der Waals surface area contributed by atoms with Crippen molar-refractivity contribution in [2.45, 2.75) is 26.3 Å². The van der Waals surface area contributed by atoms with E-state index in [4.69, 9.17) is 26.5 Å². The summed E-state index contributed by atoms with van der Waals surface area (Å²) in [5.74, 6) is 1.29. The van der Waals surface area contributed by atoms with Gasteiger partial charge in [0.2, 0.25) is 5.82 Å². The maximum absolute atomic E-state index is 10.5. The number of nitrogens with zero attached hydrogens (tertiary/aromatic N) is 3. The summed E-state index contributed by atoms with van der Waals surface area (Å²) < 4.78 is 11.0. The highest BCUT2D eigenvalue weighted by atomic mass is 32.1. The second-order valence-electron chi connectivity index (χ2n) is 8.46. The minimum atomic E-state index is -0.426. The first-order valence-electron chi connectivity index (χ1n) is 11.7. The molecule has 1 aromatic heterocycles. The van der Waals surface area contributed by atoms with Crippen LogP contribution < -0.4 is 15.0 Å². The molecule has 7 nitrogen and oxygen atoms in total. The monoisotopic (exact) mass is 498 g/mol. The molecule has 182 valence electrons. The Labute approximate surface area is 215 Å². The van der Waals surface area contributed by atoms with Crippen molar-refractivity contribution in [2.24, 2.45) is 0 Å². The summed E-state index contributed by atoms with van der Waals surface area (Å²) in [4.78, 5) is 6.70. The fourth-order valence-corrected chi connectivity index (χ4v) is 4.75. The second kappa shape index (κ2) is 9.83. The first kappa shape index (κ1) is 23.6. The molecule has 4 aromatic rings. The van der Waals surface area contributed by atoms with Crippen LogP contribution in [-0.4, -0.2) is 27.5 Å². The van der Waals surface area contributed by atoms with Crippen LogP contribution in [0, 0.1) is 0 Å². The summed E-state index contributed by atoms with van der Waals surface area (Å²) in [6.45, 7) is 4.11. The van der Waals surface area contributed by atoms with Crippen molar-refractivity contribution in [3.8, 4) is 22.9 Å². The number of anilines is 1. The van der Waals surface area contributed by atoms with Gasteiger partial charge < -0.3 is 19.7 Å². The standard InChI is InChI=1S/C28H26N4O3S/c1-4-18-10-13-21(14-11-18)32-17(2)24(27-30-26(31-35-27)19-8-6-5-7-9-19)25(29-28(32)36)20-12-15-23(34-3)22(33)16-20/h5-16,25,33H,4H2,1-3H3,(H,29,36).